The zero-order chi connectivity index (χ0) is 13.7. The first-order valence-corrected chi connectivity index (χ1v) is 6.29. The van der Waals surface area contributed by atoms with Gasteiger partial charge >= 0.3 is 0 Å². The number of rotatable bonds is 6. The maximum absolute atomic E-state index is 13.6. The van der Waals surface area contributed by atoms with Gasteiger partial charge in [0.2, 0.25) is 0 Å². The Labute approximate surface area is 112 Å². The van der Waals surface area contributed by atoms with Crippen molar-refractivity contribution in [1.82, 2.24) is 4.90 Å². The van der Waals surface area contributed by atoms with E-state index in [0.29, 0.717) is 23.7 Å². The summed E-state index contributed by atoms with van der Waals surface area (Å²) in [6, 6.07) is 4.53. The Hall–Kier alpha value is -0.680. The third-order valence-electron chi connectivity index (χ3n) is 2.49. The van der Waals surface area contributed by atoms with E-state index in [1.54, 1.807) is 30.9 Å². The van der Waals surface area contributed by atoms with Crippen LogP contribution in [0.5, 0.6) is 0 Å². The average molecular weight is 276 g/mol. The van der Waals surface area contributed by atoms with Crippen LogP contribution < -0.4 is 0 Å². The summed E-state index contributed by atoms with van der Waals surface area (Å²) in [7, 11) is 0. The molecule has 0 heterocycles. The first kappa shape index (κ1) is 15.4. The minimum Gasteiger partial charge on any atom is -0.392 e. The summed E-state index contributed by atoms with van der Waals surface area (Å²) >= 11 is 5.96. The summed E-state index contributed by atoms with van der Waals surface area (Å²) in [4.78, 5) is 1.78. The van der Waals surface area contributed by atoms with Gasteiger partial charge in [-0.1, -0.05) is 17.7 Å². The third-order valence-corrected chi connectivity index (χ3v) is 2.84. The molecule has 0 aliphatic heterocycles. The first-order chi connectivity index (χ1) is 8.40. The molecule has 1 aromatic carbocycles. The Bertz CT molecular complexity index is 355. The highest BCUT2D eigenvalue weighted by atomic mass is 35.5. The molecule has 0 aromatic heterocycles. The molecule has 1 aromatic rings. The molecule has 0 unspecified atom stereocenters. The van der Waals surface area contributed by atoms with Gasteiger partial charge in [-0.15, -0.1) is 0 Å². The number of hydrogen-bond acceptors (Lipinski definition) is 3. The van der Waals surface area contributed by atoms with Crippen molar-refractivity contribution in [3.05, 3.63) is 34.6 Å². The van der Waals surface area contributed by atoms with E-state index in [2.05, 4.69) is 0 Å². The fourth-order valence-electron chi connectivity index (χ4n) is 1.86. The zero-order valence-corrected chi connectivity index (χ0v) is 11.4. The van der Waals surface area contributed by atoms with Crippen LogP contribution in [0.1, 0.15) is 19.4 Å². The van der Waals surface area contributed by atoms with Crippen molar-refractivity contribution in [2.75, 3.05) is 13.1 Å². The van der Waals surface area contributed by atoms with Gasteiger partial charge < -0.3 is 10.2 Å². The van der Waals surface area contributed by atoms with Crippen molar-refractivity contribution in [1.29, 1.82) is 0 Å². The highest BCUT2D eigenvalue weighted by Crippen LogP contribution is 2.21. The second-order valence-corrected chi connectivity index (χ2v) is 5.00. The standard InChI is InChI=1S/C13H19ClFNO2/c1-9(17)6-16(7-10(2)18)8-11-12(14)4-3-5-13(11)15/h3-5,9-10,17-18H,6-8H2,1-2H3/t9-,10+. The van der Waals surface area contributed by atoms with Crippen LogP contribution in [0.3, 0.4) is 0 Å². The van der Waals surface area contributed by atoms with Crippen molar-refractivity contribution in [3.63, 3.8) is 0 Å². The van der Waals surface area contributed by atoms with Gasteiger partial charge in [-0.3, -0.25) is 4.90 Å². The Morgan fingerprint density at radius 3 is 2.22 bits per heavy atom. The van der Waals surface area contributed by atoms with E-state index < -0.39 is 12.2 Å². The van der Waals surface area contributed by atoms with Crippen LogP contribution in [0.15, 0.2) is 18.2 Å². The molecular formula is C13H19ClFNO2. The van der Waals surface area contributed by atoms with Crippen LogP contribution in [-0.2, 0) is 6.54 Å². The van der Waals surface area contributed by atoms with Crippen LogP contribution >= 0.6 is 11.6 Å². The van der Waals surface area contributed by atoms with Crippen molar-refractivity contribution >= 4 is 11.6 Å². The molecule has 5 heteroatoms. The van der Waals surface area contributed by atoms with Gasteiger partial charge in [0.1, 0.15) is 5.82 Å². The summed E-state index contributed by atoms with van der Waals surface area (Å²) in [6.07, 6.45) is -1.09. The summed E-state index contributed by atoms with van der Waals surface area (Å²) in [5, 5.41) is 19.2. The lowest BCUT2D eigenvalue weighted by molar-refractivity contribution is 0.0788. The number of aliphatic hydroxyl groups excluding tert-OH is 2. The Morgan fingerprint density at radius 2 is 1.78 bits per heavy atom. The Balaban J connectivity index is 2.81. The van der Waals surface area contributed by atoms with E-state index in [1.165, 1.54) is 6.07 Å². The summed E-state index contributed by atoms with van der Waals surface area (Å²) in [5.41, 5.74) is 0.389. The molecule has 1 rings (SSSR count). The van der Waals surface area contributed by atoms with E-state index in [4.69, 9.17) is 11.6 Å². The van der Waals surface area contributed by atoms with Gasteiger partial charge in [0.05, 0.1) is 12.2 Å². The van der Waals surface area contributed by atoms with E-state index in [1.807, 2.05) is 0 Å². The number of benzene rings is 1. The van der Waals surface area contributed by atoms with Crippen LogP contribution in [0.25, 0.3) is 0 Å². The van der Waals surface area contributed by atoms with Crippen molar-refractivity contribution in [3.8, 4) is 0 Å². The molecule has 0 amide bonds. The maximum atomic E-state index is 13.6. The second kappa shape index (κ2) is 7.04. The SMILES string of the molecule is C[C@H](O)CN(Cc1c(F)cccc1Cl)C[C@@H](C)O. The van der Waals surface area contributed by atoms with Gasteiger partial charge in [0, 0.05) is 30.2 Å². The lowest BCUT2D eigenvalue weighted by Crippen LogP contribution is -2.36. The molecule has 2 N–H and O–H groups in total. The van der Waals surface area contributed by atoms with Gasteiger partial charge in [0.15, 0.2) is 0 Å². The van der Waals surface area contributed by atoms with Gasteiger partial charge in [-0.25, -0.2) is 4.39 Å². The molecule has 0 saturated heterocycles. The Morgan fingerprint density at radius 1 is 1.22 bits per heavy atom. The average Bonchev–Trinajstić information content (AvgIpc) is 2.21. The fraction of sp³-hybridized carbons (Fsp3) is 0.538. The topological polar surface area (TPSA) is 43.7 Å². The first-order valence-electron chi connectivity index (χ1n) is 5.91. The molecule has 0 radical (unpaired) electrons. The van der Waals surface area contributed by atoms with Gasteiger partial charge in [-0.05, 0) is 26.0 Å². The monoisotopic (exact) mass is 275 g/mol. The van der Waals surface area contributed by atoms with E-state index in [9.17, 15) is 14.6 Å². The van der Waals surface area contributed by atoms with E-state index in [0.717, 1.165) is 0 Å². The van der Waals surface area contributed by atoms with E-state index >= 15 is 0 Å². The van der Waals surface area contributed by atoms with Gasteiger partial charge in [0.25, 0.3) is 0 Å². The molecule has 3 nitrogen and oxygen atoms in total. The fourth-order valence-corrected chi connectivity index (χ4v) is 2.08. The molecule has 0 aliphatic rings. The molecule has 0 aliphatic carbocycles. The molecule has 0 saturated carbocycles. The summed E-state index contributed by atoms with van der Waals surface area (Å²) in [6.45, 7) is 4.28. The molecule has 18 heavy (non-hydrogen) atoms. The second-order valence-electron chi connectivity index (χ2n) is 4.59. The van der Waals surface area contributed by atoms with Crippen LogP contribution in [0, 0.1) is 5.82 Å². The molecule has 0 spiro atoms. The van der Waals surface area contributed by atoms with Crippen LogP contribution in [-0.4, -0.2) is 40.4 Å². The number of hydrogen-bond donors (Lipinski definition) is 2. The quantitative estimate of drug-likeness (QED) is 0.835. The number of aliphatic hydroxyl groups is 2. The van der Waals surface area contributed by atoms with Crippen molar-refractivity contribution < 1.29 is 14.6 Å². The largest absolute Gasteiger partial charge is 0.392 e. The predicted molar refractivity (Wildman–Crippen MR) is 70.0 cm³/mol. The molecule has 0 fully saturated rings. The van der Waals surface area contributed by atoms with Gasteiger partial charge in [-0.2, -0.15) is 0 Å². The normalized spacial score (nSPS) is 14.8. The lowest BCUT2D eigenvalue weighted by Gasteiger charge is -2.25. The number of nitrogens with zero attached hydrogens (tertiary/aromatic N) is 1. The molecular weight excluding hydrogens is 257 g/mol. The third kappa shape index (κ3) is 4.90. The minimum atomic E-state index is -0.547. The summed E-state index contributed by atoms with van der Waals surface area (Å²) in [5.74, 6) is -0.372. The van der Waals surface area contributed by atoms with E-state index in [-0.39, 0.29) is 12.4 Å². The van der Waals surface area contributed by atoms with Crippen molar-refractivity contribution in [2.24, 2.45) is 0 Å². The highest BCUT2D eigenvalue weighted by molar-refractivity contribution is 6.31. The zero-order valence-electron chi connectivity index (χ0n) is 10.6. The Kier molecular flexibility index (Phi) is 6.02. The molecule has 102 valence electrons. The number of halogens is 2. The predicted octanol–water partition coefficient (Wildman–Crippen LogP) is 2.04. The lowest BCUT2D eigenvalue weighted by atomic mass is 10.1. The highest BCUT2D eigenvalue weighted by Gasteiger charge is 2.15. The van der Waals surface area contributed by atoms with Crippen molar-refractivity contribution in [2.45, 2.75) is 32.6 Å². The van der Waals surface area contributed by atoms with Crippen LogP contribution in [0.4, 0.5) is 4.39 Å². The smallest absolute Gasteiger partial charge is 0.129 e. The van der Waals surface area contributed by atoms with Crippen LogP contribution in [0.2, 0.25) is 5.02 Å². The maximum Gasteiger partial charge on any atom is 0.129 e. The summed E-state index contributed by atoms with van der Waals surface area (Å²) < 4.78 is 13.6. The molecule has 2 atom stereocenters. The minimum absolute atomic E-state index is 0.265. The molecule has 0 bridgehead atoms.